The molecule has 0 aromatic carbocycles. The molecule has 0 spiro atoms. The highest BCUT2D eigenvalue weighted by Gasteiger charge is 2.34. The highest BCUT2D eigenvalue weighted by molar-refractivity contribution is 5.83. The SMILES string of the molecule is O=C(C1C=CC=C1)N(C1CCCCC1)C1CCCCC1. The summed E-state index contributed by atoms with van der Waals surface area (Å²) in [7, 11) is 0. The van der Waals surface area contributed by atoms with Crippen molar-refractivity contribution in [3.05, 3.63) is 24.3 Å². The molecule has 3 aliphatic carbocycles. The highest BCUT2D eigenvalue weighted by Crippen LogP contribution is 2.32. The van der Waals surface area contributed by atoms with E-state index in [9.17, 15) is 4.79 Å². The van der Waals surface area contributed by atoms with Crippen molar-refractivity contribution < 1.29 is 4.79 Å². The fraction of sp³-hybridized carbons (Fsp3) is 0.722. The number of rotatable bonds is 3. The molecule has 0 aromatic rings. The smallest absolute Gasteiger partial charge is 0.233 e. The maximum atomic E-state index is 13.0. The molecule has 110 valence electrons. The predicted molar refractivity (Wildman–Crippen MR) is 82.4 cm³/mol. The van der Waals surface area contributed by atoms with Crippen molar-refractivity contribution in [2.45, 2.75) is 76.3 Å². The second-order valence-electron chi connectivity index (χ2n) is 6.62. The number of allylic oxidation sites excluding steroid dienone is 2. The van der Waals surface area contributed by atoms with E-state index in [-0.39, 0.29) is 5.92 Å². The van der Waals surface area contributed by atoms with E-state index in [2.05, 4.69) is 17.1 Å². The summed E-state index contributed by atoms with van der Waals surface area (Å²) in [6, 6.07) is 1.03. The average molecular weight is 273 g/mol. The lowest BCUT2D eigenvalue weighted by atomic mass is 9.87. The van der Waals surface area contributed by atoms with E-state index in [0.29, 0.717) is 18.0 Å². The van der Waals surface area contributed by atoms with Gasteiger partial charge in [0.05, 0.1) is 5.92 Å². The van der Waals surface area contributed by atoms with E-state index < -0.39 is 0 Å². The monoisotopic (exact) mass is 273 g/mol. The number of amides is 1. The molecule has 0 aliphatic heterocycles. The Morgan fingerprint density at radius 3 is 1.65 bits per heavy atom. The van der Waals surface area contributed by atoms with E-state index in [0.717, 1.165) is 0 Å². The Balaban J connectivity index is 1.75. The van der Waals surface area contributed by atoms with Crippen molar-refractivity contribution in [2.75, 3.05) is 0 Å². The second kappa shape index (κ2) is 6.60. The van der Waals surface area contributed by atoms with Gasteiger partial charge in [-0.05, 0) is 25.7 Å². The molecule has 0 radical (unpaired) electrons. The van der Waals surface area contributed by atoms with E-state index in [1.54, 1.807) is 0 Å². The Kier molecular flexibility index (Phi) is 4.59. The lowest BCUT2D eigenvalue weighted by Gasteiger charge is -2.42. The minimum atomic E-state index is 0.0128. The van der Waals surface area contributed by atoms with Crippen molar-refractivity contribution in [1.82, 2.24) is 4.90 Å². The van der Waals surface area contributed by atoms with Gasteiger partial charge in [0.15, 0.2) is 0 Å². The first-order valence-electron chi connectivity index (χ1n) is 8.53. The summed E-state index contributed by atoms with van der Waals surface area (Å²) < 4.78 is 0. The van der Waals surface area contributed by atoms with Crippen LogP contribution in [0, 0.1) is 5.92 Å². The molecule has 2 nitrogen and oxygen atoms in total. The third-order valence-electron chi connectivity index (χ3n) is 5.22. The molecule has 3 aliphatic rings. The first-order valence-corrected chi connectivity index (χ1v) is 8.53. The number of hydrogen-bond donors (Lipinski definition) is 0. The van der Waals surface area contributed by atoms with Gasteiger partial charge in [-0.3, -0.25) is 4.79 Å². The molecular formula is C18H27NO. The molecule has 0 saturated heterocycles. The lowest BCUT2D eigenvalue weighted by molar-refractivity contribution is -0.139. The minimum absolute atomic E-state index is 0.0128. The largest absolute Gasteiger partial charge is 0.336 e. The Labute approximate surface area is 122 Å². The second-order valence-corrected chi connectivity index (χ2v) is 6.62. The fourth-order valence-corrected chi connectivity index (χ4v) is 4.15. The van der Waals surface area contributed by atoms with Crippen molar-refractivity contribution in [3.8, 4) is 0 Å². The van der Waals surface area contributed by atoms with Crippen LogP contribution in [-0.2, 0) is 4.79 Å². The maximum Gasteiger partial charge on any atom is 0.233 e. The summed E-state index contributed by atoms with van der Waals surface area (Å²) in [5, 5.41) is 0. The van der Waals surface area contributed by atoms with Crippen LogP contribution in [0.2, 0.25) is 0 Å². The molecule has 2 fully saturated rings. The normalized spacial score (nSPS) is 25.2. The van der Waals surface area contributed by atoms with E-state index in [1.165, 1.54) is 64.2 Å². The number of nitrogens with zero attached hydrogens (tertiary/aromatic N) is 1. The van der Waals surface area contributed by atoms with Crippen LogP contribution < -0.4 is 0 Å². The Morgan fingerprint density at radius 2 is 1.20 bits per heavy atom. The summed E-state index contributed by atoms with van der Waals surface area (Å²) in [6.45, 7) is 0. The summed E-state index contributed by atoms with van der Waals surface area (Å²) in [5.74, 6) is 0.382. The van der Waals surface area contributed by atoms with Gasteiger partial charge < -0.3 is 4.90 Å². The van der Waals surface area contributed by atoms with Gasteiger partial charge in [0, 0.05) is 12.1 Å². The molecule has 3 rings (SSSR count). The molecule has 0 bridgehead atoms. The standard InChI is InChI=1S/C18H27NO/c20-18(15-9-7-8-10-15)19(16-11-3-1-4-12-16)17-13-5-2-6-14-17/h7-10,15-17H,1-6,11-14H2. The Bertz CT molecular complexity index is 356. The average Bonchev–Trinajstić information content (AvgIpc) is 3.04. The first-order chi connectivity index (χ1) is 9.86. The lowest BCUT2D eigenvalue weighted by Crippen LogP contribution is -2.50. The van der Waals surface area contributed by atoms with Gasteiger partial charge in [0.2, 0.25) is 5.91 Å². The zero-order valence-corrected chi connectivity index (χ0v) is 12.5. The molecule has 0 N–H and O–H groups in total. The molecular weight excluding hydrogens is 246 g/mol. The molecule has 2 heteroatoms. The van der Waals surface area contributed by atoms with Crippen molar-refractivity contribution in [2.24, 2.45) is 5.92 Å². The van der Waals surface area contributed by atoms with Crippen LogP contribution in [0.4, 0.5) is 0 Å². The molecule has 2 saturated carbocycles. The molecule has 0 aromatic heterocycles. The summed E-state index contributed by atoms with van der Waals surface area (Å²) in [6.07, 6.45) is 21.0. The minimum Gasteiger partial charge on any atom is -0.336 e. The van der Waals surface area contributed by atoms with E-state index >= 15 is 0 Å². The zero-order valence-electron chi connectivity index (χ0n) is 12.5. The molecule has 0 unspecified atom stereocenters. The van der Waals surface area contributed by atoms with Crippen molar-refractivity contribution >= 4 is 5.91 Å². The van der Waals surface area contributed by atoms with Crippen LogP contribution in [0.1, 0.15) is 64.2 Å². The van der Waals surface area contributed by atoms with Crippen LogP contribution in [0.5, 0.6) is 0 Å². The predicted octanol–water partition coefficient (Wildman–Crippen LogP) is 4.22. The van der Waals surface area contributed by atoms with Gasteiger partial charge in [-0.1, -0.05) is 62.8 Å². The van der Waals surface area contributed by atoms with Gasteiger partial charge >= 0.3 is 0 Å². The third-order valence-corrected chi connectivity index (χ3v) is 5.22. The molecule has 1 amide bonds. The highest BCUT2D eigenvalue weighted by atomic mass is 16.2. The Hall–Kier alpha value is -1.05. The zero-order chi connectivity index (χ0) is 13.8. The van der Waals surface area contributed by atoms with Crippen LogP contribution in [0.25, 0.3) is 0 Å². The van der Waals surface area contributed by atoms with Crippen LogP contribution in [0.3, 0.4) is 0 Å². The fourth-order valence-electron chi connectivity index (χ4n) is 4.15. The Morgan fingerprint density at radius 1 is 0.750 bits per heavy atom. The van der Waals surface area contributed by atoms with Crippen molar-refractivity contribution in [3.63, 3.8) is 0 Å². The summed E-state index contributed by atoms with van der Waals surface area (Å²) in [5.41, 5.74) is 0. The topological polar surface area (TPSA) is 20.3 Å². The number of hydrogen-bond acceptors (Lipinski definition) is 1. The number of carbonyl (C=O) groups excluding carboxylic acids is 1. The van der Waals surface area contributed by atoms with Gasteiger partial charge in [0.1, 0.15) is 0 Å². The summed E-state index contributed by atoms with van der Waals surface area (Å²) >= 11 is 0. The van der Waals surface area contributed by atoms with Gasteiger partial charge in [-0.15, -0.1) is 0 Å². The summed E-state index contributed by atoms with van der Waals surface area (Å²) in [4.78, 5) is 15.3. The molecule has 20 heavy (non-hydrogen) atoms. The van der Waals surface area contributed by atoms with Crippen LogP contribution >= 0.6 is 0 Å². The van der Waals surface area contributed by atoms with Crippen molar-refractivity contribution in [1.29, 1.82) is 0 Å². The van der Waals surface area contributed by atoms with E-state index in [1.807, 2.05) is 12.2 Å². The first kappa shape index (κ1) is 13.9. The van der Waals surface area contributed by atoms with Gasteiger partial charge in [-0.25, -0.2) is 0 Å². The third kappa shape index (κ3) is 2.99. The van der Waals surface area contributed by atoms with Gasteiger partial charge in [-0.2, -0.15) is 0 Å². The maximum absolute atomic E-state index is 13.0. The van der Waals surface area contributed by atoms with Crippen LogP contribution in [0.15, 0.2) is 24.3 Å². The number of carbonyl (C=O) groups is 1. The van der Waals surface area contributed by atoms with E-state index in [4.69, 9.17) is 0 Å². The molecule has 0 heterocycles. The molecule has 0 atom stereocenters. The van der Waals surface area contributed by atoms with Gasteiger partial charge in [0.25, 0.3) is 0 Å². The quantitative estimate of drug-likeness (QED) is 0.754. The van der Waals surface area contributed by atoms with Crippen LogP contribution in [-0.4, -0.2) is 22.9 Å².